The summed E-state index contributed by atoms with van der Waals surface area (Å²) in [6.45, 7) is 21.0. The van der Waals surface area contributed by atoms with Gasteiger partial charge in [-0.15, -0.1) is 11.3 Å². The van der Waals surface area contributed by atoms with E-state index in [0.717, 1.165) is 11.8 Å². The lowest BCUT2D eigenvalue weighted by molar-refractivity contribution is 0.736. The number of rotatable bonds is 0. The van der Waals surface area contributed by atoms with E-state index in [4.69, 9.17) is 0 Å². The summed E-state index contributed by atoms with van der Waals surface area (Å²) in [5, 5.41) is 5.76. The monoisotopic (exact) mass is 343 g/mol. The van der Waals surface area contributed by atoms with Crippen molar-refractivity contribution in [1.82, 2.24) is 14.8 Å². The minimum atomic E-state index is 0.833. The van der Waals surface area contributed by atoms with Crippen molar-refractivity contribution in [1.29, 1.82) is 0 Å². The van der Waals surface area contributed by atoms with Gasteiger partial charge in [-0.1, -0.05) is 69.2 Å². The fourth-order valence-electron chi connectivity index (χ4n) is 0.521. The van der Waals surface area contributed by atoms with Crippen LogP contribution >= 0.6 is 11.3 Å². The van der Waals surface area contributed by atoms with Crippen LogP contribution in [0.3, 0.4) is 0 Å². The predicted molar refractivity (Wildman–Crippen MR) is 109 cm³/mol. The summed E-state index contributed by atoms with van der Waals surface area (Å²) in [5.41, 5.74) is 1.79. The molecule has 0 spiro atoms. The summed E-state index contributed by atoms with van der Waals surface area (Å²) < 4.78 is 1.75. The summed E-state index contributed by atoms with van der Waals surface area (Å²) in [5.74, 6) is 1.67. The fraction of sp³-hybridized carbons (Fsp3) is 0.684. The van der Waals surface area contributed by atoms with Crippen molar-refractivity contribution >= 4 is 11.3 Å². The van der Waals surface area contributed by atoms with E-state index in [2.05, 4.69) is 51.6 Å². The Bertz CT molecular complexity index is 299. The Morgan fingerprint density at radius 2 is 1.26 bits per heavy atom. The van der Waals surface area contributed by atoms with Crippen LogP contribution < -0.4 is 0 Å². The Morgan fingerprint density at radius 3 is 1.35 bits per heavy atom. The maximum atomic E-state index is 3.83. The number of hydrogen-bond donors (Lipinski definition) is 0. The molecule has 0 saturated carbocycles. The molecule has 138 valence electrons. The number of aryl methyl sites for hydroxylation is 1. The molecule has 0 amide bonds. The van der Waals surface area contributed by atoms with Gasteiger partial charge in [-0.2, -0.15) is 5.10 Å². The van der Waals surface area contributed by atoms with Crippen LogP contribution in [0.4, 0.5) is 0 Å². The summed E-state index contributed by atoms with van der Waals surface area (Å²) in [7, 11) is 1.89. The molecule has 0 N–H and O–H groups in total. The molecule has 0 aliphatic heterocycles. The SMILES string of the molecule is CC.CC.CC(C)C.CC(C)C.Cn1cccn1.c1cscn1. The van der Waals surface area contributed by atoms with Gasteiger partial charge in [0.05, 0.1) is 5.51 Å². The minimum absolute atomic E-state index is 0.833. The van der Waals surface area contributed by atoms with Gasteiger partial charge in [0.25, 0.3) is 0 Å². The molecule has 2 heterocycles. The maximum Gasteiger partial charge on any atom is 0.0791 e. The molecule has 3 nitrogen and oxygen atoms in total. The van der Waals surface area contributed by atoms with E-state index in [0.29, 0.717) is 0 Å². The van der Waals surface area contributed by atoms with Crippen LogP contribution in [0.1, 0.15) is 69.2 Å². The van der Waals surface area contributed by atoms with Gasteiger partial charge in [-0.05, 0) is 17.9 Å². The van der Waals surface area contributed by atoms with Gasteiger partial charge in [-0.3, -0.25) is 9.67 Å². The third kappa shape index (κ3) is 63.0. The van der Waals surface area contributed by atoms with Crippen molar-refractivity contribution in [3.05, 3.63) is 35.5 Å². The van der Waals surface area contributed by atoms with E-state index in [1.54, 1.807) is 33.9 Å². The highest BCUT2D eigenvalue weighted by Gasteiger charge is 1.69. The Kier molecular flexibility index (Phi) is 37.5. The fourth-order valence-corrected chi connectivity index (χ4v) is 0.872. The van der Waals surface area contributed by atoms with Crippen molar-refractivity contribution < 1.29 is 0 Å². The van der Waals surface area contributed by atoms with Crippen LogP contribution in [-0.4, -0.2) is 14.8 Å². The van der Waals surface area contributed by atoms with Gasteiger partial charge in [0, 0.05) is 31.0 Å². The van der Waals surface area contributed by atoms with E-state index in [1.807, 2.05) is 52.4 Å². The van der Waals surface area contributed by atoms with Gasteiger partial charge in [0.1, 0.15) is 0 Å². The molecule has 4 heteroatoms. The van der Waals surface area contributed by atoms with Crippen LogP contribution in [0.2, 0.25) is 0 Å². The van der Waals surface area contributed by atoms with Crippen molar-refractivity contribution in [2.45, 2.75) is 69.2 Å². The van der Waals surface area contributed by atoms with Crippen LogP contribution in [0.25, 0.3) is 0 Å². The Hall–Kier alpha value is -1.16. The highest BCUT2D eigenvalue weighted by atomic mass is 32.1. The average Bonchev–Trinajstić information content (AvgIpc) is 3.17. The molecule has 0 aliphatic carbocycles. The van der Waals surface area contributed by atoms with E-state index < -0.39 is 0 Å². The van der Waals surface area contributed by atoms with Crippen LogP contribution in [-0.2, 0) is 7.05 Å². The smallest absolute Gasteiger partial charge is 0.0791 e. The van der Waals surface area contributed by atoms with Gasteiger partial charge in [0.15, 0.2) is 0 Å². The molecule has 0 aromatic carbocycles. The molecule has 0 fully saturated rings. The molecular weight excluding hydrogens is 302 g/mol. The van der Waals surface area contributed by atoms with Crippen molar-refractivity contribution in [3.63, 3.8) is 0 Å². The summed E-state index contributed by atoms with van der Waals surface area (Å²) in [4.78, 5) is 3.74. The number of hydrogen-bond acceptors (Lipinski definition) is 3. The lowest BCUT2D eigenvalue weighted by atomic mass is 10.3. The molecule has 0 aliphatic rings. The molecule has 2 aromatic rings. The van der Waals surface area contributed by atoms with Crippen LogP contribution in [0.15, 0.2) is 35.5 Å². The Morgan fingerprint density at radius 1 is 0.826 bits per heavy atom. The third-order valence-corrected chi connectivity index (χ3v) is 1.51. The molecule has 2 aromatic heterocycles. The second-order valence-corrected chi connectivity index (χ2v) is 6.07. The summed E-state index contributed by atoms with van der Waals surface area (Å²) >= 11 is 1.60. The quantitative estimate of drug-likeness (QED) is 0.518. The Labute approximate surface area is 150 Å². The molecule has 0 atom stereocenters. The first-order valence-corrected chi connectivity index (χ1v) is 9.56. The molecule has 0 saturated heterocycles. The summed E-state index contributed by atoms with van der Waals surface area (Å²) in [6.07, 6.45) is 5.41. The number of nitrogens with zero attached hydrogens (tertiary/aromatic N) is 3. The lowest BCUT2D eigenvalue weighted by Gasteiger charge is -1.79. The van der Waals surface area contributed by atoms with E-state index in [9.17, 15) is 0 Å². The van der Waals surface area contributed by atoms with Crippen molar-refractivity contribution in [2.75, 3.05) is 0 Å². The predicted octanol–water partition coefficient (Wildman–Crippen LogP) is 6.94. The molecule has 23 heavy (non-hydrogen) atoms. The second-order valence-electron chi connectivity index (χ2n) is 5.32. The molecule has 0 unspecified atom stereocenters. The highest BCUT2D eigenvalue weighted by molar-refractivity contribution is 7.07. The normalized spacial score (nSPS) is 7.70. The first kappa shape index (κ1) is 29.8. The minimum Gasteiger partial charge on any atom is -0.276 e. The zero-order valence-corrected chi connectivity index (χ0v) is 18.2. The van der Waals surface area contributed by atoms with Crippen LogP contribution in [0, 0.1) is 11.8 Å². The zero-order valence-electron chi connectivity index (χ0n) is 17.4. The molecule has 0 radical (unpaired) electrons. The van der Waals surface area contributed by atoms with Crippen LogP contribution in [0.5, 0.6) is 0 Å². The van der Waals surface area contributed by atoms with Crippen molar-refractivity contribution in [3.8, 4) is 0 Å². The van der Waals surface area contributed by atoms with E-state index in [-0.39, 0.29) is 0 Å². The first-order valence-electron chi connectivity index (χ1n) is 8.62. The Balaban J connectivity index is -0.0000000990. The first-order chi connectivity index (χ1) is 10.9. The standard InChI is InChI=1S/C4H6N2.2C4H10.C3H3NS.2C2H6/c1-6-4-2-3-5-6;2*1-4(2)3;1-2-5-3-4-1;2*1-2/h2-4H,1H3;2*4H,1-3H3;1-3H;2*1-2H3. The zero-order chi connectivity index (χ0) is 19.1. The molecule has 2 rings (SSSR count). The lowest BCUT2D eigenvalue weighted by Crippen LogP contribution is -1.83. The topological polar surface area (TPSA) is 30.7 Å². The van der Waals surface area contributed by atoms with Gasteiger partial charge in [0.2, 0.25) is 0 Å². The van der Waals surface area contributed by atoms with Gasteiger partial charge < -0.3 is 0 Å². The van der Waals surface area contributed by atoms with E-state index >= 15 is 0 Å². The second kappa shape index (κ2) is 28.9. The van der Waals surface area contributed by atoms with Gasteiger partial charge >= 0.3 is 0 Å². The number of aromatic nitrogens is 3. The highest BCUT2D eigenvalue weighted by Crippen LogP contribution is 1.86. The number of thiazole rings is 1. The maximum absolute atomic E-state index is 3.83. The average molecular weight is 344 g/mol. The summed E-state index contributed by atoms with van der Waals surface area (Å²) in [6, 6.07) is 1.89. The van der Waals surface area contributed by atoms with Gasteiger partial charge in [-0.25, -0.2) is 0 Å². The molecular formula is C19H41N3S. The third-order valence-electron chi connectivity index (χ3n) is 0.984. The largest absolute Gasteiger partial charge is 0.276 e. The van der Waals surface area contributed by atoms with E-state index in [1.165, 1.54) is 0 Å². The molecule has 0 bridgehead atoms. The van der Waals surface area contributed by atoms with Crippen molar-refractivity contribution in [2.24, 2.45) is 18.9 Å².